The van der Waals surface area contributed by atoms with E-state index in [2.05, 4.69) is 15.1 Å². The molecule has 0 unspecified atom stereocenters. The van der Waals surface area contributed by atoms with E-state index in [0.717, 1.165) is 16.7 Å². The molecule has 0 atom stereocenters. The van der Waals surface area contributed by atoms with E-state index in [1.807, 2.05) is 18.2 Å². The maximum absolute atomic E-state index is 4.21. The molecule has 3 aromatic heterocycles. The van der Waals surface area contributed by atoms with E-state index in [4.69, 9.17) is 0 Å². The second kappa shape index (κ2) is 2.26. The molecule has 13 heavy (non-hydrogen) atoms. The lowest BCUT2D eigenvalue weighted by molar-refractivity contribution is 0.979. The van der Waals surface area contributed by atoms with E-state index < -0.39 is 0 Å². The fourth-order valence-electron chi connectivity index (χ4n) is 1.39. The van der Waals surface area contributed by atoms with Crippen molar-refractivity contribution >= 4 is 16.7 Å². The predicted octanol–water partition coefficient (Wildman–Crippen LogP) is 1.28. The molecule has 3 aromatic rings. The smallest absolute Gasteiger partial charge is 0.155 e. The normalized spacial score (nSPS) is 11.1. The lowest BCUT2D eigenvalue weighted by atomic mass is 10.4. The monoisotopic (exact) mass is 170 g/mol. The highest BCUT2D eigenvalue weighted by Crippen LogP contribution is 2.10. The Morgan fingerprint density at radius 2 is 2.08 bits per heavy atom. The largest absolute Gasteiger partial charge is 0.253 e. The summed E-state index contributed by atoms with van der Waals surface area (Å²) in [4.78, 5) is 8.39. The minimum absolute atomic E-state index is 0.848. The van der Waals surface area contributed by atoms with Gasteiger partial charge in [-0.2, -0.15) is 5.10 Å². The predicted molar refractivity (Wildman–Crippen MR) is 48.3 cm³/mol. The topological polar surface area (TPSA) is 43.1 Å². The number of hydrogen-bond acceptors (Lipinski definition) is 3. The van der Waals surface area contributed by atoms with Crippen molar-refractivity contribution in [2.24, 2.45) is 0 Å². The summed E-state index contributed by atoms with van der Waals surface area (Å²) >= 11 is 0. The third-order valence-electron chi connectivity index (χ3n) is 1.99. The van der Waals surface area contributed by atoms with Crippen molar-refractivity contribution in [3.8, 4) is 0 Å². The summed E-state index contributed by atoms with van der Waals surface area (Å²) in [5, 5.41) is 4.16. The van der Waals surface area contributed by atoms with Gasteiger partial charge >= 0.3 is 0 Å². The first kappa shape index (κ1) is 6.54. The molecule has 3 heterocycles. The zero-order valence-electron chi connectivity index (χ0n) is 6.75. The van der Waals surface area contributed by atoms with Crippen LogP contribution in [-0.4, -0.2) is 19.6 Å². The molecule has 0 bridgehead atoms. The maximum Gasteiger partial charge on any atom is 0.155 e. The van der Waals surface area contributed by atoms with E-state index in [0.29, 0.717) is 0 Å². The van der Waals surface area contributed by atoms with E-state index >= 15 is 0 Å². The molecule has 4 nitrogen and oxygen atoms in total. The summed E-state index contributed by atoms with van der Waals surface area (Å²) in [6.07, 6.45) is 5.24. The second-order valence-corrected chi connectivity index (χ2v) is 2.77. The Bertz CT molecular complexity index is 570. The Morgan fingerprint density at radius 1 is 1.08 bits per heavy atom. The highest BCUT2D eigenvalue weighted by Gasteiger charge is 2.00. The fraction of sp³-hybridized carbons (Fsp3) is 0. The number of rotatable bonds is 0. The van der Waals surface area contributed by atoms with Gasteiger partial charge in [-0.25, -0.2) is 9.50 Å². The van der Waals surface area contributed by atoms with Gasteiger partial charge < -0.3 is 0 Å². The zero-order chi connectivity index (χ0) is 8.67. The molecule has 0 spiro atoms. The van der Waals surface area contributed by atoms with Crippen molar-refractivity contribution in [3.63, 3.8) is 0 Å². The van der Waals surface area contributed by atoms with Gasteiger partial charge in [-0.05, 0) is 12.1 Å². The lowest BCUT2D eigenvalue weighted by Crippen LogP contribution is -1.92. The quantitative estimate of drug-likeness (QED) is 0.510. The summed E-state index contributed by atoms with van der Waals surface area (Å²) in [5.41, 5.74) is 2.69. The third-order valence-corrected chi connectivity index (χ3v) is 1.99. The Hall–Kier alpha value is -1.97. The Kier molecular flexibility index (Phi) is 1.14. The summed E-state index contributed by atoms with van der Waals surface area (Å²) in [6, 6.07) is 5.74. The number of fused-ring (bicyclic) bond motifs is 3. The van der Waals surface area contributed by atoms with Crippen molar-refractivity contribution < 1.29 is 0 Å². The second-order valence-electron chi connectivity index (χ2n) is 2.77. The van der Waals surface area contributed by atoms with Crippen molar-refractivity contribution in [2.45, 2.75) is 0 Å². The van der Waals surface area contributed by atoms with Crippen LogP contribution in [0.15, 0.2) is 36.8 Å². The first-order chi connectivity index (χ1) is 6.45. The van der Waals surface area contributed by atoms with E-state index in [1.54, 1.807) is 23.1 Å². The van der Waals surface area contributed by atoms with E-state index in [-0.39, 0.29) is 0 Å². The summed E-state index contributed by atoms with van der Waals surface area (Å²) < 4.78 is 1.78. The highest BCUT2D eigenvalue weighted by molar-refractivity contribution is 5.75. The Morgan fingerprint density at radius 3 is 3.08 bits per heavy atom. The summed E-state index contributed by atoms with van der Waals surface area (Å²) in [6.45, 7) is 0. The fourth-order valence-corrected chi connectivity index (χ4v) is 1.39. The van der Waals surface area contributed by atoms with E-state index in [9.17, 15) is 0 Å². The van der Waals surface area contributed by atoms with Crippen LogP contribution in [0.4, 0.5) is 0 Å². The van der Waals surface area contributed by atoms with Crippen LogP contribution in [-0.2, 0) is 0 Å². The highest BCUT2D eigenvalue weighted by atomic mass is 15.2. The van der Waals surface area contributed by atoms with Gasteiger partial charge in [0.2, 0.25) is 0 Å². The molecule has 0 aromatic carbocycles. The maximum atomic E-state index is 4.21. The van der Waals surface area contributed by atoms with Gasteiger partial charge in [-0.3, -0.25) is 4.98 Å². The van der Waals surface area contributed by atoms with Gasteiger partial charge in [-0.15, -0.1) is 0 Å². The van der Waals surface area contributed by atoms with Crippen LogP contribution < -0.4 is 0 Å². The average Bonchev–Trinajstić information content (AvgIpc) is 2.65. The van der Waals surface area contributed by atoms with Gasteiger partial charge in [0.25, 0.3) is 0 Å². The molecule has 0 saturated heterocycles. The first-order valence-electron chi connectivity index (χ1n) is 3.99. The molecule has 0 N–H and O–H groups in total. The third kappa shape index (κ3) is 0.823. The average molecular weight is 170 g/mol. The SMILES string of the molecule is c1cnc2cnc3ccnn3c2c1. The number of aromatic nitrogens is 4. The molecule has 0 aliphatic rings. The molecule has 4 heteroatoms. The van der Waals surface area contributed by atoms with Crippen LogP contribution in [0.5, 0.6) is 0 Å². The minimum Gasteiger partial charge on any atom is -0.253 e. The van der Waals surface area contributed by atoms with Crippen molar-refractivity contribution in [1.82, 2.24) is 19.6 Å². The number of pyridine rings is 1. The molecule has 0 aliphatic carbocycles. The standard InChI is InChI=1S/C9H6N4/c1-2-8-7(10-4-1)6-11-9-3-5-12-13(8)9/h1-6H. The Balaban J connectivity index is 2.65. The van der Waals surface area contributed by atoms with Gasteiger partial charge in [0.1, 0.15) is 5.52 Å². The van der Waals surface area contributed by atoms with Crippen LogP contribution in [0.25, 0.3) is 16.7 Å². The van der Waals surface area contributed by atoms with Crippen LogP contribution in [0.3, 0.4) is 0 Å². The van der Waals surface area contributed by atoms with E-state index in [1.165, 1.54) is 0 Å². The number of hydrogen-bond donors (Lipinski definition) is 0. The summed E-state index contributed by atoms with van der Waals surface area (Å²) in [7, 11) is 0. The van der Waals surface area contributed by atoms with Gasteiger partial charge in [0.15, 0.2) is 5.65 Å². The Labute approximate surface area is 73.9 Å². The first-order valence-corrected chi connectivity index (χ1v) is 3.99. The van der Waals surface area contributed by atoms with Crippen LogP contribution in [0.1, 0.15) is 0 Å². The van der Waals surface area contributed by atoms with Crippen LogP contribution in [0.2, 0.25) is 0 Å². The molecule has 0 radical (unpaired) electrons. The molecule has 0 aliphatic heterocycles. The molecule has 0 amide bonds. The van der Waals surface area contributed by atoms with Gasteiger partial charge in [-0.1, -0.05) is 0 Å². The van der Waals surface area contributed by atoms with Gasteiger partial charge in [0, 0.05) is 12.3 Å². The zero-order valence-corrected chi connectivity index (χ0v) is 6.75. The van der Waals surface area contributed by atoms with Crippen molar-refractivity contribution in [1.29, 1.82) is 0 Å². The molecule has 62 valence electrons. The minimum atomic E-state index is 0.848. The number of nitrogens with zero attached hydrogens (tertiary/aromatic N) is 4. The molecule has 0 fully saturated rings. The van der Waals surface area contributed by atoms with Crippen molar-refractivity contribution in [2.75, 3.05) is 0 Å². The van der Waals surface area contributed by atoms with Gasteiger partial charge in [0.05, 0.1) is 17.9 Å². The molecule has 3 rings (SSSR count). The molecular formula is C9H6N4. The van der Waals surface area contributed by atoms with Crippen molar-refractivity contribution in [3.05, 3.63) is 36.8 Å². The molecule has 0 saturated carbocycles. The molecular weight excluding hydrogens is 164 g/mol. The van der Waals surface area contributed by atoms with Crippen LogP contribution >= 0.6 is 0 Å². The van der Waals surface area contributed by atoms with Crippen LogP contribution in [0, 0.1) is 0 Å². The lowest BCUT2D eigenvalue weighted by Gasteiger charge is -1.97. The summed E-state index contributed by atoms with van der Waals surface area (Å²) in [5.74, 6) is 0.